The molecule has 2 N–H and O–H groups in total. The molecule has 1 saturated carbocycles. The van der Waals surface area contributed by atoms with Gasteiger partial charge in [-0.25, -0.2) is 0 Å². The molecule has 0 saturated heterocycles. The lowest BCUT2D eigenvalue weighted by Crippen LogP contribution is -2.31. The number of hydrogen-bond acceptors (Lipinski definition) is 3. The molecule has 0 aromatic heterocycles. The summed E-state index contributed by atoms with van der Waals surface area (Å²) in [4.78, 5) is 0. The van der Waals surface area contributed by atoms with E-state index in [1.165, 1.54) is 38.5 Å². The second-order valence-electron chi connectivity index (χ2n) is 5.33. The standard InChI is InChI=1S/C14H29NO2/c1-16-10-6-11-17-12-9-14(13-15)7-4-2-3-5-8-14/h2-13,15H2,1H3. The van der Waals surface area contributed by atoms with E-state index in [4.69, 9.17) is 15.2 Å². The molecule has 3 nitrogen and oxygen atoms in total. The molecule has 102 valence electrons. The van der Waals surface area contributed by atoms with Crippen LogP contribution >= 0.6 is 0 Å². The zero-order chi connectivity index (χ0) is 12.4. The molecular formula is C14H29NO2. The minimum atomic E-state index is 0.373. The summed E-state index contributed by atoms with van der Waals surface area (Å²) in [5.74, 6) is 0. The van der Waals surface area contributed by atoms with Gasteiger partial charge in [0, 0.05) is 26.9 Å². The Bertz CT molecular complexity index is 177. The average molecular weight is 243 g/mol. The van der Waals surface area contributed by atoms with Gasteiger partial charge in [0.15, 0.2) is 0 Å². The molecule has 3 heteroatoms. The van der Waals surface area contributed by atoms with Gasteiger partial charge in [0.05, 0.1) is 0 Å². The summed E-state index contributed by atoms with van der Waals surface area (Å²) in [5.41, 5.74) is 6.37. The summed E-state index contributed by atoms with van der Waals surface area (Å²) in [5, 5.41) is 0. The summed E-state index contributed by atoms with van der Waals surface area (Å²) >= 11 is 0. The van der Waals surface area contributed by atoms with E-state index in [1.54, 1.807) is 7.11 Å². The molecule has 1 fully saturated rings. The minimum absolute atomic E-state index is 0.373. The largest absolute Gasteiger partial charge is 0.385 e. The van der Waals surface area contributed by atoms with Crippen LogP contribution in [0.25, 0.3) is 0 Å². The highest BCUT2D eigenvalue weighted by Gasteiger charge is 2.28. The molecule has 17 heavy (non-hydrogen) atoms. The van der Waals surface area contributed by atoms with Crippen molar-refractivity contribution in [1.82, 2.24) is 0 Å². The van der Waals surface area contributed by atoms with Crippen molar-refractivity contribution in [3.8, 4) is 0 Å². The van der Waals surface area contributed by atoms with Crippen LogP contribution in [0.2, 0.25) is 0 Å². The SMILES string of the molecule is COCCCOCCC1(CN)CCCCCC1. The number of hydrogen-bond donors (Lipinski definition) is 1. The molecule has 0 amide bonds. The molecule has 1 aliphatic rings. The minimum Gasteiger partial charge on any atom is -0.385 e. The van der Waals surface area contributed by atoms with E-state index in [1.807, 2.05) is 0 Å². The average Bonchev–Trinajstić information content (AvgIpc) is 2.60. The van der Waals surface area contributed by atoms with Crippen LogP contribution in [-0.4, -0.2) is 33.5 Å². The Hall–Kier alpha value is -0.120. The zero-order valence-corrected chi connectivity index (χ0v) is 11.4. The Morgan fingerprint density at radius 1 is 1.00 bits per heavy atom. The lowest BCUT2D eigenvalue weighted by Gasteiger charge is -2.31. The van der Waals surface area contributed by atoms with E-state index in [2.05, 4.69) is 0 Å². The monoisotopic (exact) mass is 243 g/mol. The molecule has 1 rings (SSSR count). The van der Waals surface area contributed by atoms with Crippen molar-refractivity contribution in [1.29, 1.82) is 0 Å². The van der Waals surface area contributed by atoms with Crippen molar-refractivity contribution < 1.29 is 9.47 Å². The Balaban J connectivity index is 2.16. The number of nitrogens with two attached hydrogens (primary N) is 1. The first-order valence-electron chi connectivity index (χ1n) is 7.10. The predicted octanol–water partition coefficient (Wildman–Crippen LogP) is 2.73. The molecule has 0 radical (unpaired) electrons. The topological polar surface area (TPSA) is 44.5 Å². The summed E-state index contributed by atoms with van der Waals surface area (Å²) in [6.45, 7) is 3.30. The van der Waals surface area contributed by atoms with Crippen LogP contribution in [0.5, 0.6) is 0 Å². The van der Waals surface area contributed by atoms with Crippen molar-refractivity contribution in [3.63, 3.8) is 0 Å². The maximum absolute atomic E-state index is 5.99. The van der Waals surface area contributed by atoms with Gasteiger partial charge in [0.25, 0.3) is 0 Å². The molecule has 0 heterocycles. The van der Waals surface area contributed by atoms with Crippen LogP contribution in [0.3, 0.4) is 0 Å². The van der Waals surface area contributed by atoms with Crippen LogP contribution in [-0.2, 0) is 9.47 Å². The fourth-order valence-corrected chi connectivity index (χ4v) is 2.73. The van der Waals surface area contributed by atoms with Gasteiger partial charge in [-0.1, -0.05) is 25.7 Å². The maximum Gasteiger partial charge on any atom is 0.0487 e. The quantitative estimate of drug-likeness (QED) is 0.526. The molecule has 0 unspecified atom stereocenters. The van der Waals surface area contributed by atoms with Crippen molar-refractivity contribution in [2.45, 2.75) is 51.4 Å². The van der Waals surface area contributed by atoms with Crippen LogP contribution in [0.15, 0.2) is 0 Å². The lowest BCUT2D eigenvalue weighted by atomic mass is 9.78. The molecule has 0 aromatic rings. The first-order chi connectivity index (χ1) is 8.33. The maximum atomic E-state index is 5.99. The van der Waals surface area contributed by atoms with E-state index in [9.17, 15) is 0 Å². The molecule has 0 atom stereocenters. The third-order valence-corrected chi connectivity index (χ3v) is 4.01. The van der Waals surface area contributed by atoms with Crippen molar-refractivity contribution >= 4 is 0 Å². The molecule has 0 aliphatic heterocycles. The Morgan fingerprint density at radius 3 is 2.29 bits per heavy atom. The summed E-state index contributed by atoms with van der Waals surface area (Å²) in [6, 6.07) is 0. The van der Waals surface area contributed by atoms with E-state index in [-0.39, 0.29) is 0 Å². The summed E-state index contributed by atoms with van der Waals surface area (Å²) < 4.78 is 10.7. The Morgan fingerprint density at radius 2 is 1.71 bits per heavy atom. The second kappa shape index (κ2) is 8.90. The van der Waals surface area contributed by atoms with E-state index >= 15 is 0 Å². The third-order valence-electron chi connectivity index (χ3n) is 4.01. The number of rotatable bonds is 8. The van der Waals surface area contributed by atoms with Gasteiger partial charge in [0.1, 0.15) is 0 Å². The van der Waals surface area contributed by atoms with Crippen molar-refractivity contribution in [2.75, 3.05) is 33.5 Å². The van der Waals surface area contributed by atoms with Gasteiger partial charge in [-0.05, 0) is 37.6 Å². The molecule has 0 spiro atoms. The van der Waals surface area contributed by atoms with Gasteiger partial charge in [0.2, 0.25) is 0 Å². The lowest BCUT2D eigenvalue weighted by molar-refractivity contribution is 0.0726. The van der Waals surface area contributed by atoms with E-state index < -0.39 is 0 Å². The first kappa shape index (κ1) is 14.9. The highest BCUT2D eigenvalue weighted by atomic mass is 16.5. The zero-order valence-electron chi connectivity index (χ0n) is 11.4. The Kier molecular flexibility index (Phi) is 7.82. The van der Waals surface area contributed by atoms with Crippen LogP contribution in [0.4, 0.5) is 0 Å². The van der Waals surface area contributed by atoms with Crippen LogP contribution in [0, 0.1) is 5.41 Å². The normalized spacial score (nSPS) is 20.1. The summed E-state index contributed by atoms with van der Waals surface area (Å²) in [7, 11) is 1.73. The Labute approximate surface area is 106 Å². The van der Waals surface area contributed by atoms with E-state index in [0.717, 1.165) is 39.2 Å². The van der Waals surface area contributed by atoms with Crippen LogP contribution in [0.1, 0.15) is 51.4 Å². The fraction of sp³-hybridized carbons (Fsp3) is 1.00. The van der Waals surface area contributed by atoms with Gasteiger partial charge >= 0.3 is 0 Å². The van der Waals surface area contributed by atoms with Gasteiger partial charge in [-0.15, -0.1) is 0 Å². The highest BCUT2D eigenvalue weighted by molar-refractivity contribution is 4.82. The first-order valence-corrected chi connectivity index (χ1v) is 7.10. The van der Waals surface area contributed by atoms with Gasteiger partial charge in [-0.2, -0.15) is 0 Å². The third kappa shape index (κ3) is 5.84. The number of methoxy groups -OCH3 is 1. The molecular weight excluding hydrogens is 214 g/mol. The molecule has 1 aliphatic carbocycles. The fourth-order valence-electron chi connectivity index (χ4n) is 2.73. The van der Waals surface area contributed by atoms with Crippen molar-refractivity contribution in [2.24, 2.45) is 11.1 Å². The highest BCUT2D eigenvalue weighted by Crippen LogP contribution is 2.37. The van der Waals surface area contributed by atoms with E-state index in [0.29, 0.717) is 5.41 Å². The van der Waals surface area contributed by atoms with Gasteiger partial charge < -0.3 is 15.2 Å². The summed E-state index contributed by atoms with van der Waals surface area (Å²) in [6.07, 6.45) is 10.2. The van der Waals surface area contributed by atoms with Crippen LogP contribution < -0.4 is 5.73 Å². The number of ether oxygens (including phenoxy) is 2. The predicted molar refractivity (Wildman–Crippen MR) is 71.1 cm³/mol. The van der Waals surface area contributed by atoms with Crippen molar-refractivity contribution in [3.05, 3.63) is 0 Å². The smallest absolute Gasteiger partial charge is 0.0487 e. The van der Waals surface area contributed by atoms with Gasteiger partial charge in [-0.3, -0.25) is 0 Å². The molecule has 0 aromatic carbocycles. The second-order valence-corrected chi connectivity index (χ2v) is 5.33. The molecule has 0 bridgehead atoms.